The van der Waals surface area contributed by atoms with Crippen LogP contribution in [0.5, 0.6) is 0 Å². The molecule has 3 nitrogen and oxygen atoms in total. The number of carboxylic acids is 1. The molecule has 0 amide bonds. The third kappa shape index (κ3) is 4.49. The Bertz CT molecular complexity index is 337. The van der Waals surface area contributed by atoms with Gasteiger partial charge in [0.05, 0.1) is 15.9 Å². The van der Waals surface area contributed by atoms with Crippen molar-refractivity contribution in [1.29, 1.82) is 0 Å². The van der Waals surface area contributed by atoms with Crippen LogP contribution in [0.15, 0.2) is 6.07 Å². The Kier molecular flexibility index (Phi) is 6.34. The fourth-order valence-corrected chi connectivity index (χ4v) is 1.65. The zero-order chi connectivity index (χ0) is 11.1. The highest BCUT2D eigenvalue weighted by atomic mass is 35.5. The lowest BCUT2D eigenvalue weighted by Crippen LogP contribution is -2.49. The summed E-state index contributed by atoms with van der Waals surface area (Å²) in [4.78, 5) is 10.2. The smallest absolute Gasteiger partial charge is 0.136 e. The first-order valence-electron chi connectivity index (χ1n) is 3.41. The molecule has 0 unspecified atom stereocenters. The highest BCUT2D eigenvalue weighted by molar-refractivity contribution is 7.18. The molecule has 0 radical (unpaired) electrons. The summed E-state index contributed by atoms with van der Waals surface area (Å²) in [6, 6.07) is 1.27. The van der Waals surface area contributed by atoms with Crippen LogP contribution in [-0.2, 0) is 0 Å². The van der Waals surface area contributed by atoms with Crippen molar-refractivity contribution in [3.63, 3.8) is 0 Å². The number of carboxylic acid groups (broad SMARTS) is 1. The van der Waals surface area contributed by atoms with Gasteiger partial charge in [0.15, 0.2) is 0 Å². The van der Waals surface area contributed by atoms with Crippen molar-refractivity contribution in [2.24, 2.45) is 0 Å². The van der Waals surface area contributed by atoms with Crippen molar-refractivity contribution >= 4 is 40.5 Å². The molecule has 0 aliphatic carbocycles. The van der Waals surface area contributed by atoms with Gasteiger partial charge in [0.1, 0.15) is 10.9 Å². The van der Waals surface area contributed by atoms with Crippen LogP contribution in [0.25, 0.3) is 0 Å². The second-order valence-electron chi connectivity index (χ2n) is 1.97. The highest BCUT2D eigenvalue weighted by Gasteiger charge is 2.04. The second-order valence-corrected chi connectivity index (χ2v) is 4.04. The zero-order valence-corrected chi connectivity index (χ0v) is 9.38. The van der Waals surface area contributed by atoms with Crippen LogP contribution < -0.4 is 10.8 Å². The summed E-state index contributed by atoms with van der Waals surface area (Å²) in [5, 5.41) is 10.4. The Hall–Kier alpha value is -0.730. The lowest BCUT2D eigenvalue weighted by molar-refractivity contribution is -0.349. The summed E-state index contributed by atoms with van der Waals surface area (Å²) >= 11 is 11.8. The van der Waals surface area contributed by atoms with Gasteiger partial charge in [0.2, 0.25) is 0 Å². The summed E-state index contributed by atoms with van der Waals surface area (Å²) < 4.78 is 0.279. The van der Waals surface area contributed by atoms with E-state index in [1.165, 1.54) is 6.07 Å². The fraction of sp³-hybridized carbons (Fsp3) is 0.125. The van der Waals surface area contributed by atoms with Crippen molar-refractivity contribution < 1.29 is 15.6 Å². The average molecular weight is 252 g/mol. The summed E-state index contributed by atoms with van der Waals surface area (Å²) in [5.74, 6) is 1.07. The molecular weight excluding hydrogens is 245 g/mol. The Morgan fingerprint density at radius 3 is 2.36 bits per heavy atom. The fourth-order valence-electron chi connectivity index (χ4n) is 0.447. The maximum absolute atomic E-state index is 10.1. The molecule has 1 aromatic heterocycles. The Morgan fingerprint density at radius 1 is 1.71 bits per heavy atom. The number of carbonyl (C=O) groups is 1. The standard InChI is InChI=1S/C5H2Cl2O2S.C3H5N/c6-2-1-3(5(8)9)10-4(2)7;1-2-3-4/h1H,(H,8,9);1H,3-4H2. The van der Waals surface area contributed by atoms with Gasteiger partial charge in [-0.1, -0.05) is 23.2 Å². The monoisotopic (exact) mass is 251 g/mol. The van der Waals surface area contributed by atoms with Crippen molar-refractivity contribution in [1.82, 2.24) is 0 Å². The van der Waals surface area contributed by atoms with Crippen LogP contribution in [0.4, 0.5) is 0 Å². The maximum atomic E-state index is 10.1. The molecule has 14 heavy (non-hydrogen) atoms. The van der Waals surface area contributed by atoms with Crippen molar-refractivity contribution in [3.05, 3.63) is 20.3 Å². The van der Waals surface area contributed by atoms with E-state index in [-0.39, 0.29) is 14.2 Å². The lowest BCUT2D eigenvalue weighted by atomic mass is 10.5. The zero-order valence-electron chi connectivity index (χ0n) is 7.05. The number of quaternary nitrogens is 1. The molecule has 1 rings (SSSR count). The van der Waals surface area contributed by atoms with Crippen LogP contribution in [0.1, 0.15) is 9.67 Å². The molecule has 1 aromatic rings. The number of terminal acetylenes is 1. The number of aromatic carboxylic acids is 1. The summed E-state index contributed by atoms with van der Waals surface area (Å²) in [6.45, 7) is 0.597. The summed E-state index contributed by atoms with van der Waals surface area (Å²) in [7, 11) is 0. The molecular formula is C8H7Cl2NO2S. The van der Waals surface area contributed by atoms with Gasteiger partial charge < -0.3 is 15.6 Å². The second kappa shape index (κ2) is 6.68. The van der Waals surface area contributed by atoms with Gasteiger partial charge in [-0.3, -0.25) is 0 Å². The Balaban J connectivity index is 0.000000364. The summed E-state index contributed by atoms with van der Waals surface area (Å²) in [5.41, 5.74) is 3.37. The van der Waals surface area contributed by atoms with Crippen LogP contribution in [-0.4, -0.2) is 12.5 Å². The highest BCUT2D eigenvalue weighted by Crippen LogP contribution is 2.30. The number of rotatable bonds is 1. The number of halogens is 2. The number of carbonyl (C=O) groups excluding carboxylic acids is 1. The van der Waals surface area contributed by atoms with E-state index >= 15 is 0 Å². The van der Waals surface area contributed by atoms with Crippen molar-refractivity contribution in [3.8, 4) is 12.3 Å². The number of hydrogen-bond donors (Lipinski definition) is 1. The average Bonchev–Trinajstić information content (AvgIpc) is 2.48. The predicted molar refractivity (Wildman–Crippen MR) is 55.3 cm³/mol. The molecule has 6 heteroatoms. The van der Waals surface area contributed by atoms with E-state index in [1.807, 2.05) is 0 Å². The van der Waals surface area contributed by atoms with E-state index < -0.39 is 5.97 Å². The van der Waals surface area contributed by atoms with Gasteiger partial charge in [-0.15, -0.1) is 17.8 Å². The van der Waals surface area contributed by atoms with Crippen LogP contribution in [0, 0.1) is 12.3 Å². The van der Waals surface area contributed by atoms with Crippen LogP contribution >= 0.6 is 34.5 Å². The van der Waals surface area contributed by atoms with Gasteiger partial charge in [0, 0.05) is 0 Å². The first-order valence-corrected chi connectivity index (χ1v) is 4.99. The third-order valence-corrected chi connectivity index (χ3v) is 2.84. The molecule has 3 N–H and O–H groups in total. The minimum atomic E-state index is -1.25. The van der Waals surface area contributed by atoms with Gasteiger partial charge in [-0.05, 0) is 12.0 Å². The quantitative estimate of drug-likeness (QED) is 0.729. The van der Waals surface area contributed by atoms with E-state index in [1.54, 1.807) is 0 Å². The van der Waals surface area contributed by atoms with Crippen molar-refractivity contribution in [2.75, 3.05) is 6.54 Å². The maximum Gasteiger partial charge on any atom is 0.136 e. The number of thiophene rings is 1. The predicted octanol–water partition coefficient (Wildman–Crippen LogP) is 0.280. The molecule has 0 fully saturated rings. The minimum Gasteiger partial charge on any atom is -0.544 e. The molecule has 1 heterocycles. The van der Waals surface area contributed by atoms with Crippen LogP contribution in [0.3, 0.4) is 0 Å². The van der Waals surface area contributed by atoms with E-state index in [9.17, 15) is 9.90 Å². The lowest BCUT2D eigenvalue weighted by Gasteiger charge is -1.91. The third-order valence-electron chi connectivity index (χ3n) is 0.991. The summed E-state index contributed by atoms with van der Waals surface area (Å²) in [6.07, 6.45) is 4.72. The van der Waals surface area contributed by atoms with E-state index in [4.69, 9.17) is 29.6 Å². The Morgan fingerprint density at radius 2 is 2.21 bits per heavy atom. The van der Waals surface area contributed by atoms with Gasteiger partial charge in [-0.2, -0.15) is 0 Å². The molecule has 0 aliphatic heterocycles. The Labute approximate surface area is 95.4 Å². The molecule has 0 saturated carbocycles. The molecule has 0 atom stereocenters. The number of hydrogen-bond acceptors (Lipinski definition) is 3. The van der Waals surface area contributed by atoms with Crippen LogP contribution in [0.2, 0.25) is 9.36 Å². The molecule has 0 spiro atoms. The molecule has 76 valence electrons. The van der Waals surface area contributed by atoms with Gasteiger partial charge in [0.25, 0.3) is 0 Å². The van der Waals surface area contributed by atoms with E-state index in [2.05, 4.69) is 11.7 Å². The van der Waals surface area contributed by atoms with Gasteiger partial charge >= 0.3 is 0 Å². The molecule has 0 aromatic carbocycles. The molecule has 0 saturated heterocycles. The van der Waals surface area contributed by atoms with Crippen molar-refractivity contribution in [2.45, 2.75) is 0 Å². The largest absolute Gasteiger partial charge is 0.544 e. The first kappa shape index (κ1) is 13.3. The topological polar surface area (TPSA) is 67.8 Å². The minimum absolute atomic E-state index is 0.0509. The SMILES string of the molecule is C#CC[NH3+].O=C([O-])c1cc(Cl)c(Cl)s1. The van der Waals surface area contributed by atoms with E-state index in [0.29, 0.717) is 6.54 Å². The first-order chi connectivity index (χ1) is 6.52. The molecule has 0 aliphatic rings. The normalized spacial score (nSPS) is 8.43. The molecule has 0 bridgehead atoms. The van der Waals surface area contributed by atoms with Gasteiger partial charge in [-0.25, -0.2) is 0 Å². The van der Waals surface area contributed by atoms with E-state index in [0.717, 1.165) is 11.3 Å².